The molecule has 0 radical (unpaired) electrons. The van der Waals surface area contributed by atoms with Crippen LogP contribution in [0.4, 0.5) is 0 Å². The van der Waals surface area contributed by atoms with Gasteiger partial charge in [0.2, 0.25) is 5.91 Å². The van der Waals surface area contributed by atoms with Crippen molar-refractivity contribution in [1.82, 2.24) is 10.6 Å². The average Bonchev–Trinajstić information content (AvgIpc) is 2.38. The van der Waals surface area contributed by atoms with Crippen LogP contribution in [0.5, 0.6) is 0 Å². The van der Waals surface area contributed by atoms with Crippen LogP contribution in [0.2, 0.25) is 0 Å². The van der Waals surface area contributed by atoms with Gasteiger partial charge in [-0.25, -0.2) is 0 Å². The van der Waals surface area contributed by atoms with Crippen molar-refractivity contribution < 1.29 is 14.7 Å². The van der Waals surface area contributed by atoms with Crippen LogP contribution in [0.1, 0.15) is 46.0 Å². The Balaban J connectivity index is 2.18. The summed E-state index contributed by atoms with van der Waals surface area (Å²) in [7, 11) is 0. The Hall–Kier alpha value is -1.10. The highest BCUT2D eigenvalue weighted by Gasteiger charge is 2.30. The summed E-state index contributed by atoms with van der Waals surface area (Å²) >= 11 is 0. The van der Waals surface area contributed by atoms with Crippen LogP contribution in [0.15, 0.2) is 0 Å². The predicted molar refractivity (Wildman–Crippen MR) is 78.4 cm³/mol. The van der Waals surface area contributed by atoms with Crippen LogP contribution in [0, 0.1) is 17.8 Å². The zero-order chi connectivity index (χ0) is 15.0. The van der Waals surface area contributed by atoms with Crippen molar-refractivity contribution in [3.05, 3.63) is 0 Å². The Morgan fingerprint density at radius 1 is 1.25 bits per heavy atom. The van der Waals surface area contributed by atoms with Crippen LogP contribution >= 0.6 is 0 Å². The van der Waals surface area contributed by atoms with Crippen molar-refractivity contribution in [2.24, 2.45) is 17.8 Å². The van der Waals surface area contributed by atoms with Crippen molar-refractivity contribution in [2.45, 2.75) is 46.0 Å². The third-order valence-corrected chi connectivity index (χ3v) is 3.96. The Labute approximate surface area is 121 Å². The number of carbonyl (C=O) groups excluding carboxylic acids is 1. The molecule has 1 aliphatic carbocycles. The number of aliphatic carboxylic acids is 1. The zero-order valence-corrected chi connectivity index (χ0v) is 12.7. The number of hydrogen-bond acceptors (Lipinski definition) is 3. The van der Waals surface area contributed by atoms with E-state index < -0.39 is 5.97 Å². The van der Waals surface area contributed by atoms with Crippen molar-refractivity contribution in [3.63, 3.8) is 0 Å². The van der Waals surface area contributed by atoms with E-state index in [2.05, 4.69) is 24.5 Å². The monoisotopic (exact) mass is 284 g/mol. The molecule has 3 N–H and O–H groups in total. The molecule has 1 rings (SSSR count). The first-order valence-electron chi connectivity index (χ1n) is 7.71. The first kappa shape index (κ1) is 17.0. The van der Waals surface area contributed by atoms with E-state index >= 15 is 0 Å². The number of rotatable bonds is 8. The molecule has 5 nitrogen and oxygen atoms in total. The van der Waals surface area contributed by atoms with Gasteiger partial charge in [-0.15, -0.1) is 0 Å². The van der Waals surface area contributed by atoms with Crippen molar-refractivity contribution in [1.29, 1.82) is 0 Å². The van der Waals surface area contributed by atoms with Crippen LogP contribution in [-0.4, -0.2) is 36.6 Å². The molecule has 5 heteroatoms. The summed E-state index contributed by atoms with van der Waals surface area (Å²) in [5, 5.41) is 15.1. The summed E-state index contributed by atoms with van der Waals surface area (Å²) in [5.41, 5.74) is 0. The van der Waals surface area contributed by atoms with Crippen molar-refractivity contribution in [2.75, 3.05) is 19.6 Å². The fourth-order valence-electron chi connectivity index (χ4n) is 2.71. The number of hydrogen-bond donors (Lipinski definition) is 3. The van der Waals surface area contributed by atoms with Gasteiger partial charge in [-0.2, -0.15) is 0 Å². The first-order valence-corrected chi connectivity index (χ1v) is 7.71. The van der Waals surface area contributed by atoms with Gasteiger partial charge in [0.25, 0.3) is 0 Å². The Morgan fingerprint density at radius 3 is 2.60 bits per heavy atom. The fourth-order valence-corrected chi connectivity index (χ4v) is 2.71. The first-order chi connectivity index (χ1) is 9.50. The molecular formula is C15H28N2O3. The molecule has 1 fully saturated rings. The second kappa shape index (κ2) is 8.95. The lowest BCUT2D eigenvalue weighted by molar-refractivity contribution is -0.144. The molecule has 0 aromatic heterocycles. The van der Waals surface area contributed by atoms with Crippen molar-refractivity contribution in [3.8, 4) is 0 Å². The van der Waals surface area contributed by atoms with Gasteiger partial charge in [0, 0.05) is 6.54 Å². The average molecular weight is 284 g/mol. The van der Waals surface area contributed by atoms with E-state index in [9.17, 15) is 14.7 Å². The minimum atomic E-state index is -0.696. The van der Waals surface area contributed by atoms with Gasteiger partial charge in [0.05, 0.1) is 12.5 Å². The number of amides is 1. The summed E-state index contributed by atoms with van der Waals surface area (Å²) in [6.45, 7) is 5.86. The van der Waals surface area contributed by atoms with E-state index in [1.54, 1.807) is 0 Å². The summed E-state index contributed by atoms with van der Waals surface area (Å²) in [6, 6.07) is 0. The molecule has 0 spiro atoms. The smallest absolute Gasteiger partial charge is 0.306 e. The maximum absolute atomic E-state index is 11.6. The normalized spacial score (nSPS) is 22.8. The second-order valence-corrected chi connectivity index (χ2v) is 6.15. The Bertz CT molecular complexity index is 318. The maximum atomic E-state index is 11.6. The maximum Gasteiger partial charge on any atom is 0.306 e. The minimum Gasteiger partial charge on any atom is -0.481 e. The van der Waals surface area contributed by atoms with E-state index in [0.717, 1.165) is 32.1 Å². The van der Waals surface area contributed by atoms with E-state index in [4.69, 9.17) is 0 Å². The molecule has 0 aliphatic heterocycles. The van der Waals surface area contributed by atoms with E-state index in [-0.39, 0.29) is 24.3 Å². The quantitative estimate of drug-likeness (QED) is 0.633. The molecular weight excluding hydrogens is 256 g/mol. The molecule has 0 aromatic rings. The van der Waals surface area contributed by atoms with Gasteiger partial charge in [-0.3, -0.25) is 9.59 Å². The summed E-state index contributed by atoms with van der Waals surface area (Å²) in [5.74, 6) is -0.210. The Morgan fingerprint density at radius 2 is 1.95 bits per heavy atom. The summed E-state index contributed by atoms with van der Waals surface area (Å²) in [4.78, 5) is 22.8. The standard InChI is InChI=1S/C15H28N2O3/c1-11(2)7-8-17-14(18)10-16-9-12-5-3-4-6-13(12)15(19)20/h11-13,16H,3-10H2,1-2H3,(H,17,18)(H,19,20). The number of carboxylic acids is 1. The van der Waals surface area contributed by atoms with Crippen LogP contribution < -0.4 is 10.6 Å². The number of carbonyl (C=O) groups is 2. The third kappa shape index (κ3) is 6.37. The van der Waals surface area contributed by atoms with Crippen LogP contribution in [0.25, 0.3) is 0 Å². The van der Waals surface area contributed by atoms with E-state index in [0.29, 0.717) is 19.0 Å². The van der Waals surface area contributed by atoms with Gasteiger partial charge < -0.3 is 15.7 Å². The predicted octanol–water partition coefficient (Wildman–Crippen LogP) is 1.63. The molecule has 2 atom stereocenters. The molecule has 2 unspecified atom stereocenters. The topological polar surface area (TPSA) is 78.4 Å². The fraction of sp³-hybridized carbons (Fsp3) is 0.867. The van der Waals surface area contributed by atoms with Gasteiger partial charge in [-0.05, 0) is 37.6 Å². The minimum absolute atomic E-state index is 0.00617. The van der Waals surface area contributed by atoms with Crippen LogP contribution in [0.3, 0.4) is 0 Å². The van der Waals surface area contributed by atoms with Gasteiger partial charge in [-0.1, -0.05) is 26.7 Å². The second-order valence-electron chi connectivity index (χ2n) is 6.15. The van der Waals surface area contributed by atoms with E-state index in [1.807, 2.05) is 0 Å². The molecule has 1 aliphatic rings. The van der Waals surface area contributed by atoms with E-state index in [1.165, 1.54) is 0 Å². The highest BCUT2D eigenvalue weighted by molar-refractivity contribution is 5.77. The molecule has 0 aromatic carbocycles. The number of carboxylic acid groups (broad SMARTS) is 1. The van der Waals surface area contributed by atoms with Gasteiger partial charge >= 0.3 is 5.97 Å². The lowest BCUT2D eigenvalue weighted by atomic mass is 9.79. The lowest BCUT2D eigenvalue weighted by Crippen LogP contribution is -2.40. The summed E-state index contributed by atoms with van der Waals surface area (Å²) in [6.07, 6.45) is 4.79. The Kier molecular flexibility index (Phi) is 7.59. The molecule has 116 valence electrons. The molecule has 0 heterocycles. The number of nitrogens with one attached hydrogen (secondary N) is 2. The van der Waals surface area contributed by atoms with Gasteiger partial charge in [0.1, 0.15) is 0 Å². The molecule has 0 bridgehead atoms. The largest absolute Gasteiger partial charge is 0.481 e. The highest BCUT2D eigenvalue weighted by atomic mass is 16.4. The highest BCUT2D eigenvalue weighted by Crippen LogP contribution is 2.29. The molecule has 1 amide bonds. The molecule has 20 heavy (non-hydrogen) atoms. The third-order valence-electron chi connectivity index (χ3n) is 3.96. The summed E-state index contributed by atoms with van der Waals surface area (Å²) < 4.78 is 0. The van der Waals surface area contributed by atoms with Crippen LogP contribution in [-0.2, 0) is 9.59 Å². The zero-order valence-electron chi connectivity index (χ0n) is 12.7. The lowest BCUT2D eigenvalue weighted by Gasteiger charge is -2.28. The molecule has 0 saturated heterocycles. The van der Waals surface area contributed by atoms with Gasteiger partial charge in [0.15, 0.2) is 0 Å². The van der Waals surface area contributed by atoms with Crippen molar-refractivity contribution >= 4 is 11.9 Å². The molecule has 1 saturated carbocycles. The SMILES string of the molecule is CC(C)CCNC(=O)CNCC1CCCCC1C(=O)O.